The van der Waals surface area contributed by atoms with Crippen molar-refractivity contribution in [3.63, 3.8) is 0 Å². The monoisotopic (exact) mass is 529 g/mol. The van der Waals surface area contributed by atoms with Crippen LogP contribution in [0.5, 0.6) is 0 Å². The maximum atomic E-state index is 12.5. The second-order valence-corrected chi connectivity index (χ2v) is 12.0. The number of Topliss-reactive ketones (excluding diaryl/α,β-unsaturated/α-hetero) is 1. The molecule has 0 aromatic heterocycles. The Balaban J connectivity index is 4.19. The van der Waals surface area contributed by atoms with Crippen LogP contribution < -0.4 is 10.2 Å². The van der Waals surface area contributed by atoms with E-state index in [0.29, 0.717) is 13.0 Å². The second kappa shape index (κ2) is 23.0. The van der Waals surface area contributed by atoms with Crippen LogP contribution in [-0.2, 0) is 19.2 Å². The lowest BCUT2D eigenvalue weighted by Crippen LogP contribution is -3.05. The molecule has 210 valence electrons. The van der Waals surface area contributed by atoms with E-state index in [1.165, 1.54) is 64.2 Å². The minimum Gasteiger partial charge on any atom is -0.360 e. The SMILES string of the molecule is CCCCCCCCCCCCCCCC(=O)CC(CC(=O)P(O)C(=O)CC[NH+](C)C)NC(=O)CC. The van der Waals surface area contributed by atoms with E-state index < -0.39 is 25.2 Å². The van der Waals surface area contributed by atoms with Gasteiger partial charge in [-0.1, -0.05) is 90.9 Å². The van der Waals surface area contributed by atoms with Gasteiger partial charge in [0.2, 0.25) is 5.91 Å². The highest BCUT2D eigenvalue weighted by Gasteiger charge is 2.28. The van der Waals surface area contributed by atoms with Crippen molar-refractivity contribution in [3.8, 4) is 0 Å². The van der Waals surface area contributed by atoms with E-state index in [4.69, 9.17) is 0 Å². The van der Waals surface area contributed by atoms with E-state index in [-0.39, 0.29) is 37.4 Å². The molecule has 0 spiro atoms. The summed E-state index contributed by atoms with van der Waals surface area (Å²) in [5.41, 5.74) is -1.02. The zero-order valence-electron chi connectivity index (χ0n) is 23.5. The van der Waals surface area contributed by atoms with E-state index >= 15 is 0 Å². The van der Waals surface area contributed by atoms with Gasteiger partial charge < -0.3 is 15.1 Å². The summed E-state index contributed by atoms with van der Waals surface area (Å²) in [6.07, 6.45) is 16.9. The average Bonchev–Trinajstić information content (AvgIpc) is 2.84. The molecule has 0 aromatic rings. The quantitative estimate of drug-likeness (QED) is 0.118. The van der Waals surface area contributed by atoms with Gasteiger partial charge in [-0.15, -0.1) is 0 Å². The molecule has 0 radical (unpaired) electrons. The van der Waals surface area contributed by atoms with Crippen molar-refractivity contribution < 1.29 is 29.0 Å². The Morgan fingerprint density at radius 3 is 1.69 bits per heavy atom. The van der Waals surface area contributed by atoms with E-state index in [9.17, 15) is 24.1 Å². The molecule has 0 aliphatic carbocycles. The number of carbonyl (C=O) groups excluding carboxylic acids is 4. The van der Waals surface area contributed by atoms with Crippen LogP contribution in [0.1, 0.15) is 129 Å². The molecule has 7 nitrogen and oxygen atoms in total. The number of carbonyl (C=O) groups is 4. The van der Waals surface area contributed by atoms with Crippen LogP contribution in [0.15, 0.2) is 0 Å². The van der Waals surface area contributed by atoms with Crippen molar-refractivity contribution in [1.29, 1.82) is 0 Å². The highest BCUT2D eigenvalue weighted by molar-refractivity contribution is 7.84. The average molecular weight is 530 g/mol. The molecular formula is C28H54N2O5P+. The molecule has 3 N–H and O–H groups in total. The first kappa shape index (κ1) is 34.8. The Morgan fingerprint density at radius 1 is 0.722 bits per heavy atom. The highest BCUT2D eigenvalue weighted by atomic mass is 31.1. The van der Waals surface area contributed by atoms with E-state index in [1.807, 2.05) is 14.1 Å². The minimum atomic E-state index is -2.40. The normalized spacial score (nSPS) is 12.9. The number of quaternary nitrogens is 1. The summed E-state index contributed by atoms with van der Waals surface area (Å²) >= 11 is 0. The van der Waals surface area contributed by atoms with Gasteiger partial charge in [0.1, 0.15) is 5.78 Å². The molecule has 0 aliphatic heterocycles. The molecule has 36 heavy (non-hydrogen) atoms. The Hall–Kier alpha value is -1.17. The molecule has 0 aromatic carbocycles. The van der Waals surface area contributed by atoms with Crippen LogP contribution >= 0.6 is 8.15 Å². The zero-order valence-corrected chi connectivity index (χ0v) is 24.4. The molecule has 1 amide bonds. The number of hydrogen-bond donors (Lipinski definition) is 3. The predicted molar refractivity (Wildman–Crippen MR) is 148 cm³/mol. The van der Waals surface area contributed by atoms with Crippen LogP contribution in [0, 0.1) is 0 Å². The Kier molecular flexibility index (Phi) is 22.2. The molecule has 0 saturated carbocycles. The first-order valence-corrected chi connectivity index (χ1v) is 15.6. The predicted octanol–water partition coefficient (Wildman–Crippen LogP) is 4.69. The van der Waals surface area contributed by atoms with Crippen LogP contribution in [0.2, 0.25) is 0 Å². The van der Waals surface area contributed by atoms with Crippen LogP contribution in [0.25, 0.3) is 0 Å². The lowest BCUT2D eigenvalue weighted by molar-refractivity contribution is -0.857. The first-order valence-electron chi connectivity index (χ1n) is 14.4. The Bertz CT molecular complexity index is 627. The fourth-order valence-corrected chi connectivity index (χ4v) is 5.12. The van der Waals surface area contributed by atoms with Crippen molar-refractivity contribution in [3.05, 3.63) is 0 Å². The van der Waals surface area contributed by atoms with Gasteiger partial charge in [-0.25, -0.2) is 0 Å². The molecular weight excluding hydrogens is 475 g/mol. The third kappa shape index (κ3) is 20.0. The van der Waals surface area contributed by atoms with Gasteiger partial charge in [0.05, 0.1) is 27.1 Å². The smallest absolute Gasteiger partial charge is 0.219 e. The van der Waals surface area contributed by atoms with Crippen LogP contribution in [0.3, 0.4) is 0 Å². The number of nitrogens with one attached hydrogen (secondary N) is 2. The fourth-order valence-electron chi connectivity index (χ4n) is 4.12. The second-order valence-electron chi connectivity index (χ2n) is 10.4. The summed E-state index contributed by atoms with van der Waals surface area (Å²) < 4.78 is 0. The van der Waals surface area contributed by atoms with Gasteiger partial charge in [0.25, 0.3) is 0 Å². The number of ketones is 1. The van der Waals surface area contributed by atoms with E-state index in [1.54, 1.807) is 6.92 Å². The lowest BCUT2D eigenvalue weighted by atomic mass is 10.0. The highest BCUT2D eigenvalue weighted by Crippen LogP contribution is 2.35. The number of hydrogen-bond acceptors (Lipinski definition) is 5. The Labute approximate surface area is 221 Å². The third-order valence-electron chi connectivity index (χ3n) is 6.45. The van der Waals surface area contributed by atoms with Crippen molar-refractivity contribution in [2.75, 3.05) is 20.6 Å². The summed E-state index contributed by atoms with van der Waals surface area (Å²) in [5, 5.41) is 2.72. The standard InChI is InChI=1S/C28H53N2O5P/c1-5-7-8-9-10-11-12-13-14-15-16-17-18-19-25(31)22-24(29-26(32)6-2)23-28(34)36(35)27(33)20-21-30(3)4/h24,35H,5-23H2,1-4H3,(H,29,32)/p+1. The van der Waals surface area contributed by atoms with Gasteiger partial charge in [0, 0.05) is 31.7 Å². The molecule has 2 unspecified atom stereocenters. The van der Waals surface area contributed by atoms with Crippen molar-refractivity contribution >= 4 is 30.9 Å². The molecule has 0 heterocycles. The van der Waals surface area contributed by atoms with E-state index in [2.05, 4.69) is 12.2 Å². The molecule has 8 heteroatoms. The molecule has 0 aliphatic rings. The molecule has 0 saturated heterocycles. The fraction of sp³-hybridized carbons (Fsp3) is 0.857. The largest absolute Gasteiger partial charge is 0.360 e. The van der Waals surface area contributed by atoms with E-state index in [0.717, 1.165) is 24.2 Å². The topological polar surface area (TPSA) is 105 Å². The summed E-state index contributed by atoms with van der Waals surface area (Å²) in [6, 6.07) is -0.663. The van der Waals surface area contributed by atoms with Crippen LogP contribution in [-0.4, -0.2) is 54.3 Å². The summed E-state index contributed by atoms with van der Waals surface area (Å²) in [6.45, 7) is 4.49. The van der Waals surface area contributed by atoms with Crippen molar-refractivity contribution in [2.24, 2.45) is 0 Å². The van der Waals surface area contributed by atoms with Crippen molar-refractivity contribution in [1.82, 2.24) is 5.32 Å². The van der Waals surface area contributed by atoms with Gasteiger partial charge in [-0.3, -0.25) is 19.2 Å². The first-order chi connectivity index (χ1) is 17.2. The van der Waals surface area contributed by atoms with Gasteiger partial charge in [-0.2, -0.15) is 0 Å². The molecule has 0 fully saturated rings. The minimum absolute atomic E-state index is 0.0112. The zero-order chi connectivity index (χ0) is 27.2. The number of unbranched alkanes of at least 4 members (excludes halogenated alkanes) is 12. The maximum absolute atomic E-state index is 12.5. The van der Waals surface area contributed by atoms with Gasteiger partial charge in [-0.05, 0) is 6.42 Å². The molecule has 0 bridgehead atoms. The van der Waals surface area contributed by atoms with Crippen molar-refractivity contribution in [2.45, 2.75) is 135 Å². The number of amides is 1. The lowest BCUT2D eigenvalue weighted by Gasteiger charge is -2.18. The number of rotatable bonds is 25. The summed E-state index contributed by atoms with van der Waals surface area (Å²) in [7, 11) is 1.39. The third-order valence-corrected chi connectivity index (χ3v) is 7.80. The molecule has 0 rings (SSSR count). The van der Waals surface area contributed by atoms with Gasteiger partial charge in [0.15, 0.2) is 19.2 Å². The molecule has 2 atom stereocenters. The summed E-state index contributed by atoms with van der Waals surface area (Å²) in [5.74, 6) is -0.233. The van der Waals surface area contributed by atoms with Gasteiger partial charge >= 0.3 is 0 Å². The maximum Gasteiger partial charge on any atom is 0.219 e. The Morgan fingerprint density at radius 2 is 1.22 bits per heavy atom. The van der Waals surface area contributed by atoms with Crippen LogP contribution in [0.4, 0.5) is 0 Å². The summed E-state index contributed by atoms with van der Waals surface area (Å²) in [4.78, 5) is 60.2.